The van der Waals surface area contributed by atoms with Crippen molar-refractivity contribution in [1.82, 2.24) is 19.9 Å². The Labute approximate surface area is 168 Å². The molecule has 2 saturated heterocycles. The molecule has 1 unspecified atom stereocenters. The minimum atomic E-state index is -1.18. The van der Waals surface area contributed by atoms with Gasteiger partial charge in [-0.3, -0.25) is 14.6 Å². The van der Waals surface area contributed by atoms with E-state index in [0.717, 1.165) is 24.0 Å². The van der Waals surface area contributed by atoms with Crippen molar-refractivity contribution in [2.24, 2.45) is 11.0 Å². The highest BCUT2D eigenvalue weighted by molar-refractivity contribution is 6.27. The molecule has 1 N–H and O–H groups in total. The SMILES string of the molecule is CCOC(=O)C1C(=O)/C(=C/c2c[nH]c3ncccc23)O/C1=N\N1CCN(C)CC1. The maximum atomic E-state index is 13.0. The van der Waals surface area contributed by atoms with Crippen molar-refractivity contribution < 1.29 is 19.1 Å². The highest BCUT2D eigenvalue weighted by atomic mass is 16.5. The first-order chi connectivity index (χ1) is 14.1. The molecular formula is C20H23N5O4. The number of aromatic amines is 1. The quantitative estimate of drug-likeness (QED) is 0.471. The fourth-order valence-corrected chi connectivity index (χ4v) is 3.36. The minimum Gasteiger partial charge on any atom is -0.465 e. The van der Waals surface area contributed by atoms with E-state index in [0.29, 0.717) is 18.7 Å². The van der Waals surface area contributed by atoms with Crippen LogP contribution in [0.25, 0.3) is 17.1 Å². The number of nitrogens with zero attached hydrogens (tertiary/aromatic N) is 4. The highest BCUT2D eigenvalue weighted by Gasteiger charge is 2.45. The number of pyridine rings is 1. The second-order valence-electron chi connectivity index (χ2n) is 7.00. The molecule has 0 aromatic carbocycles. The van der Waals surface area contributed by atoms with Gasteiger partial charge in [0.2, 0.25) is 17.6 Å². The van der Waals surface area contributed by atoms with Crippen molar-refractivity contribution in [2.75, 3.05) is 39.8 Å². The van der Waals surface area contributed by atoms with Crippen molar-refractivity contribution in [3.63, 3.8) is 0 Å². The van der Waals surface area contributed by atoms with Gasteiger partial charge in [-0.15, -0.1) is 5.10 Å². The third-order valence-electron chi connectivity index (χ3n) is 4.98. The van der Waals surface area contributed by atoms with Gasteiger partial charge >= 0.3 is 5.97 Å². The Balaban J connectivity index is 1.66. The number of nitrogens with one attached hydrogen (secondary N) is 1. The molecule has 0 spiro atoms. The summed E-state index contributed by atoms with van der Waals surface area (Å²) in [6.45, 7) is 4.96. The standard InChI is InChI=1S/C20H23N5O4/c1-3-28-20(27)16-17(26)15(11-13-12-22-18-14(13)5-4-6-21-18)29-19(16)23-25-9-7-24(2)8-10-25/h4-6,11-12,16H,3,7-10H2,1-2H3,(H,21,22)/b15-11-,23-19-. The Kier molecular flexibility index (Phi) is 5.30. The summed E-state index contributed by atoms with van der Waals surface area (Å²) in [7, 11) is 2.04. The maximum absolute atomic E-state index is 13.0. The molecule has 2 aliphatic rings. The number of hydrogen-bond acceptors (Lipinski definition) is 8. The fraction of sp³-hybridized carbons (Fsp3) is 0.400. The number of hydrogen-bond donors (Lipinski definition) is 1. The number of fused-ring (bicyclic) bond motifs is 1. The van der Waals surface area contributed by atoms with Gasteiger partial charge in [0.05, 0.1) is 6.61 Å². The third kappa shape index (κ3) is 3.86. The molecule has 0 saturated carbocycles. The van der Waals surface area contributed by atoms with Crippen LogP contribution in [0, 0.1) is 5.92 Å². The lowest BCUT2D eigenvalue weighted by atomic mass is 10.0. The monoisotopic (exact) mass is 397 g/mol. The van der Waals surface area contributed by atoms with Crippen LogP contribution in [0.4, 0.5) is 0 Å². The summed E-state index contributed by atoms with van der Waals surface area (Å²) in [5.74, 6) is -2.13. The molecule has 0 aliphatic carbocycles. The zero-order chi connectivity index (χ0) is 20.4. The van der Waals surface area contributed by atoms with Crippen molar-refractivity contribution in [3.05, 3.63) is 35.8 Å². The van der Waals surface area contributed by atoms with Crippen molar-refractivity contribution in [1.29, 1.82) is 0 Å². The molecule has 2 aliphatic heterocycles. The van der Waals surface area contributed by atoms with Crippen LogP contribution in [0.15, 0.2) is 35.4 Å². The van der Waals surface area contributed by atoms with Crippen LogP contribution in [0.2, 0.25) is 0 Å². The second kappa shape index (κ2) is 8.04. The molecular weight excluding hydrogens is 374 g/mol. The molecule has 9 nitrogen and oxygen atoms in total. The molecule has 2 fully saturated rings. The first-order valence-corrected chi connectivity index (χ1v) is 9.61. The van der Waals surface area contributed by atoms with E-state index in [-0.39, 0.29) is 18.3 Å². The summed E-state index contributed by atoms with van der Waals surface area (Å²) in [5, 5.41) is 7.15. The van der Waals surface area contributed by atoms with Crippen LogP contribution in [-0.4, -0.2) is 77.4 Å². The van der Waals surface area contributed by atoms with Gasteiger partial charge in [-0.2, -0.15) is 0 Å². The Bertz CT molecular complexity index is 988. The normalized spacial score (nSPS) is 23.2. The number of allylic oxidation sites excluding steroid dienone is 1. The van der Waals surface area contributed by atoms with Gasteiger partial charge in [-0.1, -0.05) is 0 Å². The number of ether oxygens (including phenoxy) is 2. The van der Waals surface area contributed by atoms with E-state index in [1.165, 1.54) is 0 Å². The molecule has 0 radical (unpaired) electrons. The molecule has 9 heteroatoms. The van der Waals surface area contributed by atoms with E-state index in [1.807, 2.05) is 24.2 Å². The maximum Gasteiger partial charge on any atom is 0.326 e. The fourth-order valence-electron chi connectivity index (χ4n) is 3.36. The van der Waals surface area contributed by atoms with Crippen molar-refractivity contribution >= 4 is 34.8 Å². The average molecular weight is 397 g/mol. The predicted molar refractivity (Wildman–Crippen MR) is 107 cm³/mol. The van der Waals surface area contributed by atoms with E-state index < -0.39 is 17.7 Å². The number of hydrazone groups is 1. The molecule has 152 valence electrons. The zero-order valence-corrected chi connectivity index (χ0v) is 16.4. The summed E-state index contributed by atoms with van der Waals surface area (Å²) in [6, 6.07) is 3.71. The van der Waals surface area contributed by atoms with Crippen LogP contribution >= 0.6 is 0 Å². The Morgan fingerprint density at radius 1 is 1.41 bits per heavy atom. The lowest BCUT2D eigenvalue weighted by Gasteiger charge is -2.30. The summed E-state index contributed by atoms with van der Waals surface area (Å²) in [5.41, 5.74) is 1.46. The van der Waals surface area contributed by atoms with Crippen LogP contribution in [-0.2, 0) is 19.1 Å². The summed E-state index contributed by atoms with van der Waals surface area (Å²) in [4.78, 5) is 34.9. The first kappa shape index (κ1) is 19.1. The number of Topliss-reactive ketones (excluding diaryl/α,β-unsaturated/α-hetero) is 1. The van der Waals surface area contributed by atoms with E-state index in [9.17, 15) is 9.59 Å². The predicted octanol–water partition coefficient (Wildman–Crippen LogP) is 1.24. The van der Waals surface area contributed by atoms with Crippen LogP contribution in [0.3, 0.4) is 0 Å². The molecule has 2 aromatic heterocycles. The van der Waals surface area contributed by atoms with Gasteiger partial charge in [0.15, 0.2) is 5.76 Å². The third-order valence-corrected chi connectivity index (χ3v) is 4.98. The zero-order valence-electron chi connectivity index (χ0n) is 16.4. The molecule has 4 rings (SSSR count). The summed E-state index contributed by atoms with van der Waals surface area (Å²) >= 11 is 0. The van der Waals surface area contributed by atoms with Gasteiger partial charge in [-0.05, 0) is 32.2 Å². The van der Waals surface area contributed by atoms with Crippen LogP contribution < -0.4 is 0 Å². The molecule has 2 aromatic rings. The number of carbonyl (C=O) groups is 2. The number of rotatable bonds is 4. The van der Waals surface area contributed by atoms with Gasteiger partial charge in [-0.25, -0.2) is 4.98 Å². The highest BCUT2D eigenvalue weighted by Crippen LogP contribution is 2.28. The number of piperazine rings is 1. The van der Waals surface area contributed by atoms with E-state index in [4.69, 9.17) is 9.47 Å². The topological polar surface area (TPSA) is 100 Å². The van der Waals surface area contributed by atoms with Crippen molar-refractivity contribution in [3.8, 4) is 0 Å². The summed E-state index contributed by atoms with van der Waals surface area (Å²) < 4.78 is 10.9. The number of H-pyrrole nitrogens is 1. The average Bonchev–Trinajstić information content (AvgIpc) is 3.25. The van der Waals surface area contributed by atoms with E-state index in [1.54, 1.807) is 25.4 Å². The van der Waals surface area contributed by atoms with Crippen LogP contribution in [0.1, 0.15) is 12.5 Å². The van der Waals surface area contributed by atoms with E-state index in [2.05, 4.69) is 20.0 Å². The smallest absolute Gasteiger partial charge is 0.326 e. The number of carbonyl (C=O) groups excluding carboxylic acids is 2. The van der Waals surface area contributed by atoms with E-state index >= 15 is 0 Å². The molecule has 0 amide bonds. The largest absolute Gasteiger partial charge is 0.465 e. The molecule has 0 bridgehead atoms. The summed E-state index contributed by atoms with van der Waals surface area (Å²) in [6.07, 6.45) is 5.04. The van der Waals surface area contributed by atoms with Gasteiger partial charge in [0.25, 0.3) is 0 Å². The lowest BCUT2D eigenvalue weighted by molar-refractivity contribution is -0.147. The second-order valence-corrected chi connectivity index (χ2v) is 7.00. The van der Waals surface area contributed by atoms with Gasteiger partial charge in [0.1, 0.15) is 5.65 Å². The van der Waals surface area contributed by atoms with Gasteiger partial charge in [0, 0.05) is 49.5 Å². The van der Waals surface area contributed by atoms with Gasteiger partial charge < -0.3 is 19.4 Å². The molecule has 1 atom stereocenters. The molecule has 4 heterocycles. The number of likely N-dealkylation sites (N-methyl/N-ethyl adjacent to an activating group) is 1. The number of esters is 1. The Hall–Kier alpha value is -3.20. The van der Waals surface area contributed by atoms with Crippen LogP contribution in [0.5, 0.6) is 0 Å². The minimum absolute atomic E-state index is 0.0701. The lowest BCUT2D eigenvalue weighted by Crippen LogP contribution is -2.42. The Morgan fingerprint density at radius 3 is 2.97 bits per heavy atom. The van der Waals surface area contributed by atoms with Crippen molar-refractivity contribution in [2.45, 2.75) is 6.92 Å². The number of ketones is 1. The molecule has 29 heavy (non-hydrogen) atoms. The Morgan fingerprint density at radius 2 is 2.21 bits per heavy atom. The number of aromatic nitrogens is 2. The first-order valence-electron chi connectivity index (χ1n) is 9.61.